The second kappa shape index (κ2) is 9.66. The molecule has 8 nitrogen and oxygen atoms in total. The lowest BCUT2D eigenvalue weighted by Crippen LogP contribution is -2.10. The van der Waals surface area contributed by atoms with Gasteiger partial charge in [0.05, 0.1) is 12.3 Å². The second-order valence-electron chi connectivity index (χ2n) is 5.44. The Labute approximate surface area is 151 Å². The molecule has 1 heterocycles. The highest BCUT2D eigenvalue weighted by Gasteiger charge is 2.10. The van der Waals surface area contributed by atoms with E-state index in [4.69, 9.17) is 4.55 Å². The number of aryl methyl sites for hydroxylation is 1. The fourth-order valence-electron chi connectivity index (χ4n) is 2.28. The topological polar surface area (TPSA) is 114 Å². The number of hydrogen-bond acceptors (Lipinski definition) is 8. The van der Waals surface area contributed by atoms with Gasteiger partial charge in [0.15, 0.2) is 0 Å². The van der Waals surface area contributed by atoms with E-state index >= 15 is 0 Å². The third kappa shape index (κ3) is 7.78. The van der Waals surface area contributed by atoms with Gasteiger partial charge in [0.2, 0.25) is 5.13 Å². The lowest BCUT2D eigenvalue weighted by molar-refractivity contribution is 0.240. The Morgan fingerprint density at radius 2 is 2.00 bits per heavy atom. The molecule has 2 rings (SSSR count). The summed E-state index contributed by atoms with van der Waals surface area (Å²) in [6.07, 6.45) is 4.73. The highest BCUT2D eigenvalue weighted by molar-refractivity contribution is 7.80. The molecule has 1 aromatic heterocycles. The second-order valence-corrected chi connectivity index (χ2v) is 7.29. The quantitative estimate of drug-likeness (QED) is 0.487. The molecule has 2 aromatic rings. The monoisotopic (exact) mass is 384 g/mol. The summed E-state index contributed by atoms with van der Waals surface area (Å²) in [7, 11) is -4.35. The fourth-order valence-corrected chi connectivity index (χ4v) is 2.95. The normalized spacial score (nSPS) is 13.4. The number of rotatable bonds is 10. The number of azo groups is 1. The summed E-state index contributed by atoms with van der Waals surface area (Å²) in [4.78, 5) is 3.93. The maximum atomic E-state index is 10.6. The molecule has 0 spiro atoms. The summed E-state index contributed by atoms with van der Waals surface area (Å²) in [6, 6.07) is 7.77. The van der Waals surface area contributed by atoms with Crippen molar-refractivity contribution >= 4 is 32.8 Å². The number of hydrogen-bond donors (Lipinski definition) is 1. The van der Waals surface area contributed by atoms with Crippen LogP contribution < -0.4 is 0 Å². The minimum atomic E-state index is -4.35. The molecule has 1 N–H and O–H groups in total. The molecule has 1 unspecified atom stereocenters. The highest BCUT2D eigenvalue weighted by Crippen LogP contribution is 2.21. The van der Waals surface area contributed by atoms with Gasteiger partial charge in [0.1, 0.15) is 6.33 Å². The first kappa shape index (κ1) is 19.6. The zero-order valence-corrected chi connectivity index (χ0v) is 15.4. The molecular formula is C15H20N4O4S2. The van der Waals surface area contributed by atoms with Crippen molar-refractivity contribution in [2.45, 2.75) is 32.6 Å². The highest BCUT2D eigenvalue weighted by atomic mass is 32.3. The molecule has 0 saturated carbocycles. The van der Waals surface area contributed by atoms with Crippen LogP contribution in [-0.4, -0.2) is 28.9 Å². The SMILES string of the molecule is CCC(CCOS(=O)(=O)O)CCc1ccc(N=Nc2ncns2)cc1. The molecule has 0 aliphatic heterocycles. The molecule has 0 bridgehead atoms. The van der Waals surface area contributed by atoms with Gasteiger partial charge in [-0.05, 0) is 42.9 Å². The van der Waals surface area contributed by atoms with E-state index in [0.29, 0.717) is 17.5 Å². The standard InChI is InChI=1S/C15H20N4O4S2/c1-2-12(9-10-23-25(20,21)22)3-4-13-5-7-14(8-6-13)18-19-15-16-11-17-24-15/h5-8,11-12H,2-4,9-10H2,1H3,(H,20,21,22). The van der Waals surface area contributed by atoms with Crippen LogP contribution >= 0.6 is 11.5 Å². The van der Waals surface area contributed by atoms with Gasteiger partial charge in [-0.1, -0.05) is 25.5 Å². The predicted octanol–water partition coefficient (Wildman–Crippen LogP) is 4.12. The van der Waals surface area contributed by atoms with Crippen LogP contribution in [0.2, 0.25) is 0 Å². The third-order valence-electron chi connectivity index (χ3n) is 3.71. The van der Waals surface area contributed by atoms with Gasteiger partial charge in [0.25, 0.3) is 0 Å². The predicted molar refractivity (Wildman–Crippen MR) is 94.7 cm³/mol. The Balaban J connectivity index is 1.79. The van der Waals surface area contributed by atoms with E-state index in [1.807, 2.05) is 24.3 Å². The summed E-state index contributed by atoms with van der Waals surface area (Å²) >= 11 is 1.18. The first-order valence-electron chi connectivity index (χ1n) is 7.85. The Kier molecular flexibility index (Phi) is 7.56. The van der Waals surface area contributed by atoms with Crippen LogP contribution in [0.3, 0.4) is 0 Å². The van der Waals surface area contributed by atoms with Crippen molar-refractivity contribution in [3.05, 3.63) is 36.2 Å². The minimum absolute atomic E-state index is 0.00226. The lowest BCUT2D eigenvalue weighted by atomic mass is 9.94. The van der Waals surface area contributed by atoms with Crippen molar-refractivity contribution in [2.24, 2.45) is 16.1 Å². The van der Waals surface area contributed by atoms with E-state index < -0.39 is 10.4 Å². The number of nitrogens with zero attached hydrogens (tertiary/aromatic N) is 4. The smallest absolute Gasteiger partial charge is 0.264 e. The molecule has 136 valence electrons. The summed E-state index contributed by atoms with van der Waals surface area (Å²) in [5.74, 6) is 0.332. The van der Waals surface area contributed by atoms with Gasteiger partial charge in [-0.2, -0.15) is 12.8 Å². The van der Waals surface area contributed by atoms with Crippen LogP contribution in [0.1, 0.15) is 31.7 Å². The van der Waals surface area contributed by atoms with Crippen LogP contribution in [0, 0.1) is 5.92 Å². The van der Waals surface area contributed by atoms with Gasteiger partial charge in [-0.15, -0.1) is 10.2 Å². The van der Waals surface area contributed by atoms with Crippen molar-refractivity contribution in [3.63, 3.8) is 0 Å². The molecule has 25 heavy (non-hydrogen) atoms. The van der Waals surface area contributed by atoms with Crippen LogP contribution in [0.25, 0.3) is 0 Å². The van der Waals surface area contributed by atoms with Gasteiger partial charge in [-0.25, -0.2) is 9.17 Å². The fraction of sp³-hybridized carbons (Fsp3) is 0.467. The number of aromatic nitrogens is 2. The number of benzene rings is 1. The largest absolute Gasteiger partial charge is 0.397 e. The molecule has 1 atom stereocenters. The summed E-state index contributed by atoms with van der Waals surface area (Å²) in [6.45, 7) is 2.05. The van der Waals surface area contributed by atoms with Crippen molar-refractivity contribution in [2.75, 3.05) is 6.61 Å². The molecule has 0 aliphatic rings. The zero-order valence-electron chi connectivity index (χ0n) is 13.8. The Morgan fingerprint density at radius 3 is 2.60 bits per heavy atom. The first-order valence-corrected chi connectivity index (χ1v) is 9.99. The summed E-state index contributed by atoms with van der Waals surface area (Å²) in [5.41, 5.74) is 1.91. The van der Waals surface area contributed by atoms with Crippen LogP contribution in [0.4, 0.5) is 10.8 Å². The molecule has 0 aliphatic carbocycles. The Bertz CT molecular complexity index is 761. The average molecular weight is 384 g/mol. The zero-order chi connectivity index (χ0) is 18.1. The van der Waals surface area contributed by atoms with Crippen molar-refractivity contribution in [3.8, 4) is 0 Å². The molecule has 0 saturated heterocycles. The van der Waals surface area contributed by atoms with Gasteiger partial charge >= 0.3 is 10.4 Å². The Hall–Kier alpha value is -1.75. The molecule has 10 heteroatoms. The van der Waals surface area contributed by atoms with E-state index in [0.717, 1.165) is 24.9 Å². The Morgan fingerprint density at radius 1 is 1.24 bits per heavy atom. The van der Waals surface area contributed by atoms with Crippen molar-refractivity contribution in [1.82, 2.24) is 9.36 Å². The van der Waals surface area contributed by atoms with Crippen molar-refractivity contribution in [1.29, 1.82) is 0 Å². The van der Waals surface area contributed by atoms with E-state index in [1.165, 1.54) is 23.4 Å². The van der Waals surface area contributed by atoms with Gasteiger partial charge in [-0.3, -0.25) is 4.55 Å². The molecule has 0 radical (unpaired) electrons. The maximum Gasteiger partial charge on any atom is 0.397 e. The molecule has 0 amide bonds. The summed E-state index contributed by atoms with van der Waals surface area (Å²) < 4.78 is 37.9. The first-order chi connectivity index (χ1) is 12.0. The summed E-state index contributed by atoms with van der Waals surface area (Å²) in [5, 5.41) is 8.61. The van der Waals surface area contributed by atoms with Crippen LogP contribution in [-0.2, 0) is 21.0 Å². The lowest BCUT2D eigenvalue weighted by Gasteiger charge is -2.14. The van der Waals surface area contributed by atoms with Gasteiger partial charge in [0, 0.05) is 11.5 Å². The van der Waals surface area contributed by atoms with Crippen LogP contribution in [0.15, 0.2) is 40.8 Å². The van der Waals surface area contributed by atoms with E-state index in [1.54, 1.807) is 0 Å². The minimum Gasteiger partial charge on any atom is -0.264 e. The third-order valence-corrected chi connectivity index (χ3v) is 4.73. The van der Waals surface area contributed by atoms with E-state index in [2.05, 4.69) is 30.7 Å². The van der Waals surface area contributed by atoms with E-state index in [9.17, 15) is 8.42 Å². The van der Waals surface area contributed by atoms with E-state index in [-0.39, 0.29) is 6.61 Å². The van der Waals surface area contributed by atoms with Crippen LogP contribution in [0.5, 0.6) is 0 Å². The van der Waals surface area contributed by atoms with Gasteiger partial charge < -0.3 is 0 Å². The molecular weight excluding hydrogens is 364 g/mol. The average Bonchev–Trinajstić information content (AvgIpc) is 3.09. The molecule has 0 fully saturated rings. The molecule has 1 aromatic carbocycles. The van der Waals surface area contributed by atoms with Crippen molar-refractivity contribution < 1.29 is 17.2 Å². The maximum absolute atomic E-state index is 10.6.